The molecule has 1 spiro atoms. The Morgan fingerprint density at radius 2 is 0.821 bits per heavy atom. The molecule has 0 aliphatic heterocycles. The lowest BCUT2D eigenvalue weighted by Crippen LogP contribution is -2.25. The Labute approximate surface area is 324 Å². The van der Waals surface area contributed by atoms with Crippen molar-refractivity contribution in [1.82, 2.24) is 19.5 Å². The van der Waals surface area contributed by atoms with Crippen LogP contribution in [0.1, 0.15) is 22.3 Å². The molecule has 260 valence electrons. The second-order valence-electron chi connectivity index (χ2n) is 14.7. The Kier molecular flexibility index (Phi) is 6.52. The molecule has 2 aromatic heterocycles. The van der Waals surface area contributed by atoms with Gasteiger partial charge in [-0.3, -0.25) is 0 Å². The summed E-state index contributed by atoms with van der Waals surface area (Å²) >= 11 is 0. The van der Waals surface area contributed by atoms with Crippen molar-refractivity contribution >= 4 is 21.8 Å². The predicted octanol–water partition coefficient (Wildman–Crippen LogP) is 12.3. The van der Waals surface area contributed by atoms with E-state index in [1.54, 1.807) is 0 Å². The molecule has 12 rings (SSSR count). The molecule has 10 aromatic rings. The van der Waals surface area contributed by atoms with Crippen molar-refractivity contribution in [3.63, 3.8) is 0 Å². The third kappa shape index (κ3) is 4.15. The van der Waals surface area contributed by atoms with E-state index in [0.29, 0.717) is 17.5 Å². The van der Waals surface area contributed by atoms with Crippen molar-refractivity contribution in [3.8, 4) is 62.1 Å². The van der Waals surface area contributed by atoms with Crippen LogP contribution in [0.4, 0.5) is 0 Å². The molecule has 2 aliphatic rings. The monoisotopic (exact) mass is 712 g/mol. The molecular weight excluding hydrogens is 681 g/mol. The number of hydrogen-bond donors (Lipinski definition) is 0. The second-order valence-corrected chi connectivity index (χ2v) is 14.7. The van der Waals surface area contributed by atoms with E-state index in [1.807, 2.05) is 36.4 Å². The minimum absolute atomic E-state index is 0.416. The third-order valence-electron chi connectivity index (χ3n) is 11.9. The summed E-state index contributed by atoms with van der Waals surface area (Å²) in [4.78, 5) is 15.3. The van der Waals surface area contributed by atoms with E-state index in [0.717, 1.165) is 33.4 Å². The zero-order valence-electron chi connectivity index (χ0n) is 30.3. The molecule has 0 atom stereocenters. The van der Waals surface area contributed by atoms with Crippen LogP contribution in [0.3, 0.4) is 0 Å². The van der Waals surface area contributed by atoms with Gasteiger partial charge in [0, 0.05) is 27.5 Å². The molecule has 0 fully saturated rings. The number of fused-ring (bicyclic) bond motifs is 14. The highest BCUT2D eigenvalue weighted by atomic mass is 15.1. The van der Waals surface area contributed by atoms with Gasteiger partial charge < -0.3 is 4.57 Å². The Bertz CT molecular complexity index is 3090. The topological polar surface area (TPSA) is 43.6 Å². The number of aromatic nitrogens is 4. The summed E-state index contributed by atoms with van der Waals surface area (Å²) < 4.78 is 2.42. The average Bonchev–Trinajstić information content (AvgIpc) is 3.89. The van der Waals surface area contributed by atoms with Crippen molar-refractivity contribution in [2.75, 3.05) is 0 Å². The van der Waals surface area contributed by atoms with Crippen LogP contribution in [0.2, 0.25) is 0 Å². The lowest BCUT2D eigenvalue weighted by molar-refractivity contribution is 0.794. The lowest BCUT2D eigenvalue weighted by atomic mass is 9.70. The van der Waals surface area contributed by atoms with E-state index in [4.69, 9.17) is 15.0 Å². The molecule has 2 aliphatic carbocycles. The van der Waals surface area contributed by atoms with E-state index in [9.17, 15) is 0 Å². The fourth-order valence-corrected chi connectivity index (χ4v) is 9.69. The SMILES string of the molecule is c1ccc(-c2nc(-c3ccccc3)nc(-c3ccccc3-n3c4ccccc4c4c5c(ccc43)C3(c4ccccc4-c4ccccc43)c3ccccc3-5)n2)cc1. The first kappa shape index (κ1) is 31.0. The summed E-state index contributed by atoms with van der Waals surface area (Å²) in [5.74, 6) is 1.91. The van der Waals surface area contributed by atoms with Gasteiger partial charge in [-0.25, -0.2) is 15.0 Å². The number of benzene rings is 8. The molecule has 8 aromatic carbocycles. The maximum Gasteiger partial charge on any atom is 0.166 e. The van der Waals surface area contributed by atoms with Crippen LogP contribution >= 0.6 is 0 Å². The van der Waals surface area contributed by atoms with E-state index >= 15 is 0 Å². The van der Waals surface area contributed by atoms with Crippen LogP contribution in [0.15, 0.2) is 194 Å². The van der Waals surface area contributed by atoms with Gasteiger partial charge >= 0.3 is 0 Å². The van der Waals surface area contributed by atoms with E-state index < -0.39 is 5.41 Å². The highest BCUT2D eigenvalue weighted by Crippen LogP contribution is 2.64. The van der Waals surface area contributed by atoms with Gasteiger partial charge in [0.2, 0.25) is 0 Å². The minimum Gasteiger partial charge on any atom is -0.308 e. The van der Waals surface area contributed by atoms with E-state index in [2.05, 4.69) is 162 Å². The molecular formula is C52H32N4. The first-order chi connectivity index (χ1) is 27.8. The number of hydrogen-bond acceptors (Lipinski definition) is 3. The Morgan fingerprint density at radius 1 is 0.339 bits per heavy atom. The molecule has 0 saturated carbocycles. The first-order valence-electron chi connectivity index (χ1n) is 19.1. The Hall–Kier alpha value is -7.43. The summed E-state index contributed by atoms with van der Waals surface area (Å²) in [7, 11) is 0. The number of para-hydroxylation sites is 2. The fourth-order valence-electron chi connectivity index (χ4n) is 9.69. The van der Waals surface area contributed by atoms with Gasteiger partial charge in [-0.1, -0.05) is 170 Å². The highest BCUT2D eigenvalue weighted by molar-refractivity contribution is 6.19. The summed E-state index contributed by atoms with van der Waals surface area (Å²) in [5, 5.41) is 2.47. The largest absolute Gasteiger partial charge is 0.308 e. The van der Waals surface area contributed by atoms with Crippen LogP contribution < -0.4 is 0 Å². The molecule has 0 unspecified atom stereocenters. The van der Waals surface area contributed by atoms with Gasteiger partial charge in [0.05, 0.1) is 22.1 Å². The Morgan fingerprint density at radius 3 is 1.46 bits per heavy atom. The van der Waals surface area contributed by atoms with Crippen LogP contribution in [0.5, 0.6) is 0 Å². The zero-order chi connectivity index (χ0) is 36.8. The smallest absolute Gasteiger partial charge is 0.166 e. The second kappa shape index (κ2) is 11.8. The van der Waals surface area contributed by atoms with Gasteiger partial charge in [0.1, 0.15) is 0 Å². The van der Waals surface area contributed by atoms with Crippen molar-refractivity contribution in [1.29, 1.82) is 0 Å². The van der Waals surface area contributed by atoms with Crippen molar-refractivity contribution in [3.05, 3.63) is 216 Å². The van der Waals surface area contributed by atoms with E-state index in [1.165, 1.54) is 55.3 Å². The van der Waals surface area contributed by atoms with Gasteiger partial charge in [-0.05, 0) is 68.8 Å². The summed E-state index contributed by atoms with van der Waals surface area (Å²) in [6, 6.07) is 69.5. The molecule has 0 saturated heterocycles. The number of nitrogens with zero attached hydrogens (tertiary/aromatic N) is 4. The quantitative estimate of drug-likeness (QED) is 0.182. The highest BCUT2D eigenvalue weighted by Gasteiger charge is 2.52. The molecule has 2 heterocycles. The van der Waals surface area contributed by atoms with Crippen LogP contribution in [0.25, 0.3) is 83.9 Å². The molecule has 0 bridgehead atoms. The summed E-state index contributed by atoms with van der Waals surface area (Å²) in [5.41, 5.74) is 16.3. The van der Waals surface area contributed by atoms with E-state index in [-0.39, 0.29) is 0 Å². The van der Waals surface area contributed by atoms with Gasteiger partial charge in [0.25, 0.3) is 0 Å². The van der Waals surface area contributed by atoms with Gasteiger partial charge in [-0.2, -0.15) is 0 Å². The standard InChI is InChI=1S/C52H32N4/c1-3-17-33(18-4-1)49-53-50(34-19-5-2-6-20-34)55-51(54-49)39-25-11-16-30-45(39)56-44-29-15-10-24-38(44)48-46(56)32-31-43-47(48)37-23-9-14-28-42(37)52(43)40-26-12-7-21-35(40)36-22-8-13-27-41(36)52/h1-32H. The normalized spacial score (nSPS) is 13.1. The summed E-state index contributed by atoms with van der Waals surface area (Å²) in [6.45, 7) is 0. The van der Waals surface area contributed by atoms with Gasteiger partial charge in [0.15, 0.2) is 17.5 Å². The molecule has 4 nitrogen and oxygen atoms in total. The van der Waals surface area contributed by atoms with Gasteiger partial charge in [-0.15, -0.1) is 0 Å². The lowest BCUT2D eigenvalue weighted by Gasteiger charge is -2.30. The molecule has 4 heteroatoms. The van der Waals surface area contributed by atoms with Crippen molar-refractivity contribution in [2.45, 2.75) is 5.41 Å². The molecule has 0 amide bonds. The number of rotatable bonds is 4. The summed E-state index contributed by atoms with van der Waals surface area (Å²) in [6.07, 6.45) is 0. The van der Waals surface area contributed by atoms with Crippen molar-refractivity contribution < 1.29 is 0 Å². The maximum atomic E-state index is 5.17. The van der Waals surface area contributed by atoms with Crippen molar-refractivity contribution in [2.24, 2.45) is 0 Å². The van der Waals surface area contributed by atoms with Crippen LogP contribution in [0, 0.1) is 0 Å². The Balaban J connectivity index is 1.16. The predicted molar refractivity (Wildman–Crippen MR) is 227 cm³/mol. The zero-order valence-corrected chi connectivity index (χ0v) is 30.3. The first-order valence-corrected chi connectivity index (χ1v) is 19.1. The fraction of sp³-hybridized carbons (Fsp3) is 0.0192. The van der Waals surface area contributed by atoms with Crippen LogP contribution in [-0.4, -0.2) is 19.5 Å². The molecule has 0 N–H and O–H groups in total. The molecule has 0 radical (unpaired) electrons. The van der Waals surface area contributed by atoms with Crippen LogP contribution in [-0.2, 0) is 5.41 Å². The maximum absolute atomic E-state index is 5.17. The average molecular weight is 713 g/mol. The minimum atomic E-state index is -0.416. The third-order valence-corrected chi connectivity index (χ3v) is 11.9. The molecule has 56 heavy (non-hydrogen) atoms.